The first kappa shape index (κ1) is 50.4. The molecule has 0 unspecified atom stereocenters. The van der Waals surface area contributed by atoms with Crippen LogP contribution >= 0.6 is 22.7 Å². The molecule has 0 aliphatic carbocycles. The van der Waals surface area contributed by atoms with Gasteiger partial charge in [0.1, 0.15) is 20.7 Å². The van der Waals surface area contributed by atoms with Crippen LogP contribution in [0.3, 0.4) is 0 Å². The van der Waals surface area contributed by atoms with Gasteiger partial charge in [0.2, 0.25) is 0 Å². The van der Waals surface area contributed by atoms with Gasteiger partial charge in [-0.1, -0.05) is 85.0 Å². The summed E-state index contributed by atoms with van der Waals surface area (Å²) < 4.78 is 26.3. The molecule has 10 aromatic rings. The number of anilines is 4. The third-order valence-corrected chi connectivity index (χ3v) is 12.8. The van der Waals surface area contributed by atoms with Crippen LogP contribution in [-0.4, -0.2) is 82.5 Å². The van der Waals surface area contributed by atoms with Crippen LogP contribution in [0.25, 0.3) is 67.8 Å². The summed E-state index contributed by atoms with van der Waals surface area (Å²) in [5, 5.41) is 15.8. The van der Waals surface area contributed by atoms with Crippen LogP contribution in [-0.2, 0) is 4.74 Å². The first-order valence-corrected chi connectivity index (χ1v) is 24.7. The van der Waals surface area contributed by atoms with Gasteiger partial charge < -0.3 is 39.4 Å². The predicted octanol–water partition coefficient (Wildman–Crippen LogP) is 12.9. The molecule has 3 N–H and O–H groups in total. The van der Waals surface area contributed by atoms with E-state index < -0.39 is 5.97 Å². The summed E-state index contributed by atoms with van der Waals surface area (Å²) >= 11 is 2.90. The van der Waals surface area contributed by atoms with E-state index in [1.165, 1.54) is 29.8 Å². The Morgan fingerprint density at radius 3 is 1.32 bits per heavy atom. The Labute approximate surface area is 438 Å². The maximum absolute atomic E-state index is 11.7. The molecule has 0 bridgehead atoms. The number of nitrogens with one attached hydrogen (secondary N) is 2. The molecule has 0 aliphatic heterocycles. The van der Waals surface area contributed by atoms with Gasteiger partial charge in [-0.05, 0) is 82.9 Å². The highest BCUT2D eigenvalue weighted by molar-refractivity contribution is 7.16. The number of benzene rings is 6. The maximum Gasteiger partial charge on any atom is 0.337 e. The normalized spacial score (nSPS) is 11.1. The number of fused-ring (bicyclic) bond motifs is 2. The minimum Gasteiger partial charge on any atom is -0.493 e. The molecule has 0 radical (unpaired) electrons. The maximum atomic E-state index is 11.7. The van der Waals surface area contributed by atoms with Crippen molar-refractivity contribution in [1.29, 1.82) is 0 Å². The number of carbonyl (C=O) groups excluding carboxylic acids is 1. The molecule has 0 amide bonds. The van der Waals surface area contributed by atoms with Crippen molar-refractivity contribution in [3.8, 4) is 45.8 Å². The molecule has 0 saturated heterocycles. The molecule has 10 rings (SSSR count). The molecule has 4 aromatic heterocycles. The summed E-state index contributed by atoms with van der Waals surface area (Å²) in [5.41, 5.74) is 12.8. The highest BCUT2D eigenvalue weighted by Gasteiger charge is 2.16. The lowest BCUT2D eigenvalue weighted by molar-refractivity contribution is 0.0599. The van der Waals surface area contributed by atoms with Crippen molar-refractivity contribution in [2.75, 3.05) is 46.2 Å². The fourth-order valence-electron chi connectivity index (χ4n) is 7.59. The van der Waals surface area contributed by atoms with Gasteiger partial charge >= 0.3 is 11.9 Å². The van der Waals surface area contributed by atoms with Crippen molar-refractivity contribution in [2.24, 2.45) is 0 Å². The number of carbonyl (C=O) groups is 2. The number of carboxylic acid groups (broad SMARTS) is 1. The van der Waals surface area contributed by atoms with Gasteiger partial charge in [-0.3, -0.25) is 0 Å². The van der Waals surface area contributed by atoms with Crippen LogP contribution < -0.4 is 29.6 Å². The number of ether oxygens (including phenoxy) is 5. The second kappa shape index (κ2) is 23.4. The van der Waals surface area contributed by atoms with E-state index in [4.69, 9.17) is 48.7 Å². The van der Waals surface area contributed by atoms with E-state index >= 15 is 0 Å². The fraction of sp³-hybridized carbons (Fsp3) is 0.0877. The summed E-state index contributed by atoms with van der Waals surface area (Å²) in [6, 6.07) is 41.0. The first-order valence-electron chi connectivity index (χ1n) is 22.9. The Morgan fingerprint density at radius 1 is 0.480 bits per heavy atom. The summed E-state index contributed by atoms with van der Waals surface area (Å²) in [6.07, 6.45) is 7.89. The van der Waals surface area contributed by atoms with E-state index in [1.807, 2.05) is 121 Å². The topological polar surface area (TPSA) is 202 Å². The van der Waals surface area contributed by atoms with Crippen molar-refractivity contribution in [2.45, 2.75) is 0 Å². The van der Waals surface area contributed by atoms with Gasteiger partial charge in [0, 0.05) is 34.6 Å². The Hall–Kier alpha value is -9.52. The Balaban J connectivity index is 0.000000184. The summed E-state index contributed by atoms with van der Waals surface area (Å²) in [4.78, 5) is 52.3. The van der Waals surface area contributed by atoms with E-state index in [1.54, 1.807) is 75.9 Å². The van der Waals surface area contributed by atoms with Crippen LogP contribution in [0.15, 0.2) is 144 Å². The van der Waals surface area contributed by atoms with Gasteiger partial charge in [0.15, 0.2) is 46.3 Å². The molecule has 0 saturated carbocycles. The lowest BCUT2D eigenvalue weighted by Gasteiger charge is -2.12. The van der Waals surface area contributed by atoms with Crippen molar-refractivity contribution < 1.29 is 38.4 Å². The molecule has 16 nitrogen and oxygen atoms in total. The van der Waals surface area contributed by atoms with Crippen LogP contribution in [0.1, 0.15) is 43.0 Å². The minimum absolute atomic E-state index is 0.257. The second-order valence-corrected chi connectivity index (χ2v) is 17.8. The third-order valence-electron chi connectivity index (χ3n) is 11.4. The Morgan fingerprint density at radius 2 is 0.907 bits per heavy atom. The van der Waals surface area contributed by atoms with E-state index in [0.29, 0.717) is 62.9 Å². The number of aromatic nitrogens is 6. The predicted molar refractivity (Wildman–Crippen MR) is 296 cm³/mol. The molecule has 0 spiro atoms. The number of rotatable bonds is 16. The number of esters is 1. The van der Waals surface area contributed by atoms with Crippen molar-refractivity contribution in [1.82, 2.24) is 29.9 Å². The standard InChI is InChI=1S/C29H24N4O4S.C28H22N4O4S/c1-35-23-14-13-22(16-24(23)36-2)31-27-25-28(38-17-30-25)33-26(32-27)21-6-4-5-19(15-21)8-7-18-9-11-20(12-10-18)29(34)37-3;1-35-22-13-12-21(15-23(22)36-2)30-26-24-27(37-16-29-24)32-25(31-26)20-5-3-4-18(14-20)7-6-17-8-10-19(11-9-17)28(33)34/h4-17H,1-3H3,(H,31,32,33);3-16H,1-2H3,(H,33,34)(H,30,31,32)/b8-7+;7-6+. The molecular weight excluding hydrogens is 989 g/mol. The number of aromatic carboxylic acids is 1. The molecule has 18 heteroatoms. The number of hydrogen-bond acceptors (Lipinski definition) is 17. The number of methoxy groups -OCH3 is 5. The molecule has 0 atom stereocenters. The fourth-order valence-corrected chi connectivity index (χ4v) is 8.91. The van der Waals surface area contributed by atoms with Gasteiger partial charge in [0.25, 0.3) is 0 Å². The second-order valence-electron chi connectivity index (χ2n) is 16.2. The van der Waals surface area contributed by atoms with Gasteiger partial charge in [-0.15, -0.1) is 22.7 Å². The SMILES string of the molecule is COC(=O)c1ccc(/C=C/c2cccc(-c3nc(Nc4ccc(OC)c(OC)c4)c4ncsc4n3)c2)cc1.COc1ccc(Nc2nc(-c3cccc(/C=C/c4ccc(C(=O)O)cc4)c3)nc3scnc23)cc1OC. The number of hydrogen-bond donors (Lipinski definition) is 3. The summed E-state index contributed by atoms with van der Waals surface area (Å²) in [5.74, 6) is 3.55. The van der Waals surface area contributed by atoms with Crippen LogP contribution in [0, 0.1) is 0 Å². The van der Waals surface area contributed by atoms with Crippen molar-refractivity contribution in [3.05, 3.63) is 178 Å². The molecule has 0 fully saturated rings. The van der Waals surface area contributed by atoms with Gasteiger partial charge in [0.05, 0.1) is 57.7 Å². The molecule has 75 heavy (non-hydrogen) atoms. The van der Waals surface area contributed by atoms with Crippen LogP contribution in [0.5, 0.6) is 23.0 Å². The van der Waals surface area contributed by atoms with Crippen molar-refractivity contribution >= 4 is 103 Å². The zero-order valence-electron chi connectivity index (χ0n) is 41.0. The van der Waals surface area contributed by atoms with Gasteiger partial charge in [-0.2, -0.15) is 0 Å². The molecular formula is C57H46N8O8S2. The first-order chi connectivity index (χ1) is 36.6. The van der Waals surface area contributed by atoms with E-state index in [2.05, 4.69) is 20.6 Å². The van der Waals surface area contributed by atoms with Crippen molar-refractivity contribution in [3.63, 3.8) is 0 Å². The Kier molecular flexibility index (Phi) is 15.7. The molecule has 374 valence electrons. The molecule has 4 heterocycles. The monoisotopic (exact) mass is 1030 g/mol. The highest BCUT2D eigenvalue weighted by Crippen LogP contribution is 2.36. The lowest BCUT2D eigenvalue weighted by atomic mass is 10.1. The quantitative estimate of drug-likeness (QED) is 0.0608. The summed E-state index contributed by atoms with van der Waals surface area (Å²) in [6.45, 7) is 0. The van der Waals surface area contributed by atoms with Gasteiger partial charge in [-0.25, -0.2) is 39.5 Å². The largest absolute Gasteiger partial charge is 0.493 e. The lowest BCUT2D eigenvalue weighted by Crippen LogP contribution is -2.00. The minimum atomic E-state index is -0.943. The van der Waals surface area contributed by atoms with Crippen LogP contribution in [0.4, 0.5) is 23.0 Å². The molecule has 6 aromatic carbocycles. The zero-order chi connectivity index (χ0) is 52.3. The van der Waals surface area contributed by atoms with E-state index in [0.717, 1.165) is 54.4 Å². The van der Waals surface area contributed by atoms with E-state index in [-0.39, 0.29) is 11.5 Å². The number of carboxylic acids is 1. The Bertz CT molecular complexity index is 3730. The zero-order valence-corrected chi connectivity index (χ0v) is 42.6. The highest BCUT2D eigenvalue weighted by atomic mass is 32.1. The smallest absolute Gasteiger partial charge is 0.337 e. The molecule has 0 aliphatic rings. The number of thiazole rings is 2. The average Bonchev–Trinajstić information content (AvgIpc) is 4.15. The number of nitrogens with zero attached hydrogens (tertiary/aromatic N) is 6. The average molecular weight is 1040 g/mol. The van der Waals surface area contributed by atoms with Crippen LogP contribution in [0.2, 0.25) is 0 Å². The third kappa shape index (κ3) is 12.1. The van der Waals surface area contributed by atoms with E-state index in [9.17, 15) is 9.59 Å². The summed E-state index contributed by atoms with van der Waals surface area (Å²) in [7, 11) is 7.76.